The summed E-state index contributed by atoms with van der Waals surface area (Å²) in [5.74, 6) is -0.763. The van der Waals surface area contributed by atoms with Gasteiger partial charge in [-0.15, -0.1) is 0 Å². The van der Waals surface area contributed by atoms with E-state index in [-0.39, 0.29) is 24.3 Å². The van der Waals surface area contributed by atoms with Gasteiger partial charge in [-0.05, 0) is 63.0 Å². The Bertz CT molecular complexity index is 1060. The molecule has 4 heterocycles. The van der Waals surface area contributed by atoms with E-state index in [1.165, 1.54) is 10.6 Å². The molecule has 1 saturated carbocycles. The second-order valence-electron chi connectivity index (χ2n) is 8.53. The molecular weight excluding hydrogens is 373 g/mol. The minimum absolute atomic E-state index is 0.0136. The molecule has 0 unspecified atom stereocenters. The summed E-state index contributed by atoms with van der Waals surface area (Å²) in [4.78, 5) is 27.6. The van der Waals surface area contributed by atoms with Crippen LogP contribution in [-0.2, 0) is 11.2 Å². The van der Waals surface area contributed by atoms with Crippen LogP contribution in [0.4, 0.5) is 10.1 Å². The van der Waals surface area contributed by atoms with E-state index in [0.717, 1.165) is 55.2 Å². The van der Waals surface area contributed by atoms with E-state index >= 15 is 4.39 Å². The first kappa shape index (κ1) is 18.6. The zero-order valence-electron chi connectivity index (χ0n) is 16.6. The Morgan fingerprint density at radius 1 is 1.34 bits per heavy atom. The van der Waals surface area contributed by atoms with Gasteiger partial charge in [-0.25, -0.2) is 9.18 Å². The van der Waals surface area contributed by atoms with Crippen LogP contribution in [0.15, 0.2) is 17.1 Å². The van der Waals surface area contributed by atoms with E-state index in [9.17, 15) is 9.59 Å². The van der Waals surface area contributed by atoms with Gasteiger partial charge in [0, 0.05) is 24.2 Å². The molecule has 0 amide bonds. The van der Waals surface area contributed by atoms with E-state index in [1.54, 1.807) is 13.0 Å². The fourth-order valence-electron chi connectivity index (χ4n) is 5.15. The minimum Gasteiger partial charge on any atom is -0.462 e. The summed E-state index contributed by atoms with van der Waals surface area (Å²) in [7, 11) is 0. The van der Waals surface area contributed by atoms with Crippen molar-refractivity contribution < 1.29 is 13.9 Å². The third-order valence-corrected chi connectivity index (χ3v) is 6.51. The van der Waals surface area contributed by atoms with Crippen molar-refractivity contribution in [1.82, 2.24) is 4.40 Å². The monoisotopic (exact) mass is 399 g/mol. The number of ether oxygens (including phenoxy) is 1. The number of aryl methyl sites for hydroxylation is 1. The molecule has 0 spiro atoms. The number of pyridine rings is 2. The molecule has 6 nitrogen and oxygen atoms in total. The van der Waals surface area contributed by atoms with Gasteiger partial charge in [-0.2, -0.15) is 0 Å². The first-order chi connectivity index (χ1) is 14.0. The molecule has 2 atom stereocenters. The van der Waals surface area contributed by atoms with Crippen LogP contribution in [0.3, 0.4) is 0 Å². The summed E-state index contributed by atoms with van der Waals surface area (Å²) in [5, 5.41) is 0. The molecule has 3 aliphatic rings. The summed E-state index contributed by atoms with van der Waals surface area (Å²) in [6.45, 7) is 2.53. The summed E-state index contributed by atoms with van der Waals surface area (Å²) in [6, 6.07) is 1.99. The number of halogens is 1. The number of nitrogens with zero attached hydrogens (tertiary/aromatic N) is 2. The number of fused-ring (bicyclic) bond motifs is 5. The third kappa shape index (κ3) is 2.94. The Hall–Kier alpha value is -2.41. The normalized spacial score (nSPS) is 23.6. The molecule has 2 N–H and O–H groups in total. The van der Waals surface area contributed by atoms with Crippen LogP contribution in [0.2, 0.25) is 0 Å². The van der Waals surface area contributed by atoms with Gasteiger partial charge >= 0.3 is 5.97 Å². The van der Waals surface area contributed by atoms with Gasteiger partial charge in [0.25, 0.3) is 5.56 Å². The predicted octanol–water partition coefficient (Wildman–Crippen LogP) is 2.74. The van der Waals surface area contributed by atoms with Crippen LogP contribution in [0, 0.1) is 5.82 Å². The number of nitrogens with two attached hydrogens (primary N) is 1. The Morgan fingerprint density at radius 2 is 2.14 bits per heavy atom. The van der Waals surface area contributed by atoms with Gasteiger partial charge in [0.1, 0.15) is 5.56 Å². The first-order valence-electron chi connectivity index (χ1n) is 10.6. The van der Waals surface area contributed by atoms with E-state index in [1.807, 2.05) is 0 Å². The number of carbonyl (C=O) groups is 1. The predicted molar refractivity (Wildman–Crippen MR) is 108 cm³/mol. The zero-order chi connectivity index (χ0) is 20.3. The lowest BCUT2D eigenvalue weighted by atomic mass is 9.98. The van der Waals surface area contributed by atoms with E-state index in [2.05, 4.69) is 4.90 Å². The van der Waals surface area contributed by atoms with Crippen molar-refractivity contribution in [2.45, 2.75) is 63.5 Å². The fourth-order valence-corrected chi connectivity index (χ4v) is 5.15. The molecule has 5 rings (SSSR count). The van der Waals surface area contributed by atoms with Gasteiger partial charge in [0.2, 0.25) is 0 Å². The second-order valence-corrected chi connectivity index (χ2v) is 8.53. The summed E-state index contributed by atoms with van der Waals surface area (Å²) in [6.07, 6.45) is 6.77. The maximum atomic E-state index is 15.4. The number of hydrogen-bond donors (Lipinski definition) is 1. The Balaban J connectivity index is 1.80. The lowest BCUT2D eigenvalue weighted by Gasteiger charge is -2.27. The summed E-state index contributed by atoms with van der Waals surface area (Å²) >= 11 is 0. The van der Waals surface area contributed by atoms with Crippen molar-refractivity contribution in [3.05, 3.63) is 45.1 Å². The van der Waals surface area contributed by atoms with Crippen molar-refractivity contribution in [3.8, 4) is 0 Å². The SMILES string of the molecule is CCOC(=O)c1cc(C2CC2)c2c3c(c(F)cn2c1=O)N1C[C@@H](N)C[C@H]1CCC3. The largest absolute Gasteiger partial charge is 0.462 e. The molecule has 1 saturated heterocycles. The lowest BCUT2D eigenvalue weighted by molar-refractivity contribution is 0.0524. The van der Waals surface area contributed by atoms with Crippen LogP contribution < -0.4 is 16.2 Å². The number of anilines is 1. The van der Waals surface area contributed by atoms with Crippen LogP contribution in [-0.4, -0.2) is 35.6 Å². The molecule has 29 heavy (non-hydrogen) atoms. The van der Waals surface area contributed by atoms with Crippen LogP contribution in [0.5, 0.6) is 0 Å². The molecule has 2 aliphatic heterocycles. The quantitative estimate of drug-likeness (QED) is 0.803. The van der Waals surface area contributed by atoms with Crippen LogP contribution in [0.1, 0.15) is 66.4 Å². The van der Waals surface area contributed by atoms with Gasteiger partial charge in [-0.1, -0.05) is 0 Å². The van der Waals surface area contributed by atoms with Crippen molar-refractivity contribution in [3.63, 3.8) is 0 Å². The second kappa shape index (κ2) is 6.83. The van der Waals surface area contributed by atoms with Crippen LogP contribution >= 0.6 is 0 Å². The molecule has 1 aliphatic carbocycles. The van der Waals surface area contributed by atoms with E-state index < -0.39 is 17.3 Å². The number of aromatic nitrogens is 1. The van der Waals surface area contributed by atoms with Gasteiger partial charge in [0.15, 0.2) is 5.82 Å². The molecule has 2 aromatic heterocycles. The minimum atomic E-state index is -0.644. The van der Waals surface area contributed by atoms with Crippen molar-refractivity contribution in [2.24, 2.45) is 5.73 Å². The highest BCUT2D eigenvalue weighted by Crippen LogP contribution is 2.45. The molecular formula is C22H26FN3O3. The van der Waals surface area contributed by atoms with E-state index in [0.29, 0.717) is 18.2 Å². The number of esters is 1. The zero-order valence-corrected chi connectivity index (χ0v) is 16.6. The van der Waals surface area contributed by atoms with Gasteiger partial charge in [0.05, 0.1) is 24.0 Å². The first-order valence-corrected chi connectivity index (χ1v) is 10.6. The smallest absolute Gasteiger partial charge is 0.343 e. The average Bonchev–Trinajstić information content (AvgIpc) is 3.47. The molecule has 0 radical (unpaired) electrons. The Morgan fingerprint density at radius 3 is 2.86 bits per heavy atom. The molecule has 2 fully saturated rings. The van der Waals surface area contributed by atoms with Gasteiger partial charge in [-0.3, -0.25) is 9.20 Å². The van der Waals surface area contributed by atoms with Gasteiger partial charge < -0.3 is 15.4 Å². The Kier molecular flexibility index (Phi) is 4.38. The molecule has 0 aromatic carbocycles. The topological polar surface area (TPSA) is 77.0 Å². The maximum Gasteiger partial charge on any atom is 0.343 e. The van der Waals surface area contributed by atoms with Crippen molar-refractivity contribution >= 4 is 17.2 Å². The van der Waals surface area contributed by atoms with E-state index in [4.69, 9.17) is 10.5 Å². The standard InChI is InChI=1S/C22H26FN3O3/c1-2-29-22(28)17-9-16(12-6-7-12)19-15-5-3-4-14-8-13(24)10-25(14)20(15)18(23)11-26(19)21(17)27/h9,11-14H,2-8,10,24H2,1H3/t13-,14+/m0/s1. The van der Waals surface area contributed by atoms with Crippen LogP contribution in [0.25, 0.3) is 5.52 Å². The van der Waals surface area contributed by atoms with Crippen molar-refractivity contribution in [1.29, 1.82) is 0 Å². The number of rotatable bonds is 3. The molecule has 154 valence electrons. The molecule has 2 aromatic rings. The number of carbonyl (C=O) groups excluding carboxylic acids is 1. The highest BCUT2D eigenvalue weighted by atomic mass is 19.1. The average molecular weight is 399 g/mol. The third-order valence-electron chi connectivity index (χ3n) is 6.51. The molecule has 0 bridgehead atoms. The highest BCUT2D eigenvalue weighted by Gasteiger charge is 2.37. The fraction of sp³-hybridized carbons (Fsp3) is 0.545. The Labute approximate surface area is 168 Å². The summed E-state index contributed by atoms with van der Waals surface area (Å²) < 4.78 is 21.8. The lowest BCUT2D eigenvalue weighted by Crippen LogP contribution is -2.32. The van der Waals surface area contributed by atoms with Crippen molar-refractivity contribution in [2.75, 3.05) is 18.1 Å². The highest BCUT2D eigenvalue weighted by molar-refractivity contribution is 5.90. The number of hydrogen-bond acceptors (Lipinski definition) is 5. The maximum absolute atomic E-state index is 15.4. The summed E-state index contributed by atoms with van der Waals surface area (Å²) in [5.41, 5.74) is 8.90. The molecule has 7 heteroatoms.